The van der Waals surface area contributed by atoms with Crippen LogP contribution in [0.15, 0.2) is 67.1 Å². The van der Waals surface area contributed by atoms with Gasteiger partial charge in [-0.15, -0.1) is 0 Å². The summed E-state index contributed by atoms with van der Waals surface area (Å²) < 4.78 is 14.7. The minimum absolute atomic E-state index is 0. The number of benzene rings is 2. The van der Waals surface area contributed by atoms with Crippen molar-refractivity contribution in [2.24, 2.45) is 0 Å². The van der Waals surface area contributed by atoms with Crippen LogP contribution in [-0.2, 0) is 13.0 Å². The second-order valence-electron chi connectivity index (χ2n) is 6.57. The minimum Gasteiger partial charge on any atom is -1.00 e. The maximum Gasteiger partial charge on any atom is 0.403 e. The van der Waals surface area contributed by atoms with Crippen LogP contribution in [0.5, 0.6) is 17.2 Å². The summed E-state index contributed by atoms with van der Waals surface area (Å²) in [4.78, 5) is 4.56. The summed E-state index contributed by atoms with van der Waals surface area (Å²) in [5.41, 5.74) is 3.32. The van der Waals surface area contributed by atoms with Gasteiger partial charge in [-0.25, -0.2) is 8.97 Å². The molecule has 0 bridgehead atoms. The zero-order valence-corrected chi connectivity index (χ0v) is 17.8. The molecule has 0 saturated heterocycles. The number of aromatic hydroxyl groups is 1. The van der Waals surface area contributed by atoms with Crippen LogP contribution in [0.2, 0.25) is 0 Å². The lowest BCUT2D eigenvalue weighted by Crippen LogP contribution is -3.00. The molecule has 0 aliphatic heterocycles. The number of halogens is 1. The van der Waals surface area contributed by atoms with E-state index in [9.17, 15) is 5.11 Å². The van der Waals surface area contributed by atoms with Crippen molar-refractivity contribution in [3.63, 3.8) is 0 Å². The van der Waals surface area contributed by atoms with Crippen molar-refractivity contribution in [1.29, 1.82) is 0 Å². The average molecular weight is 456 g/mol. The lowest BCUT2D eigenvalue weighted by Gasteiger charge is -2.05. The number of phenolic OH excluding ortho intramolecular Hbond substituents is 1. The second-order valence-corrected chi connectivity index (χ2v) is 6.57. The Hall–Kier alpha value is -3.06. The van der Waals surface area contributed by atoms with Crippen molar-refractivity contribution in [3.05, 3.63) is 83.9 Å². The molecule has 2 heterocycles. The van der Waals surface area contributed by atoms with Crippen LogP contribution in [0, 0.1) is 0 Å². The van der Waals surface area contributed by atoms with Gasteiger partial charge >= 0.3 is 5.78 Å². The first kappa shape index (κ1) is 20.7. The highest BCUT2D eigenvalue weighted by molar-refractivity contribution is 5.43. The van der Waals surface area contributed by atoms with Crippen molar-refractivity contribution in [3.8, 4) is 17.2 Å². The summed E-state index contributed by atoms with van der Waals surface area (Å²) in [5.74, 6) is 2.33. The molecule has 0 amide bonds. The van der Waals surface area contributed by atoms with E-state index in [0.717, 1.165) is 22.8 Å². The number of ether oxygens (including phenoxy) is 2. The molecule has 0 radical (unpaired) electrons. The van der Waals surface area contributed by atoms with Crippen molar-refractivity contribution in [2.75, 3.05) is 14.2 Å². The maximum atomic E-state index is 9.83. The highest BCUT2D eigenvalue weighted by Gasteiger charge is 2.18. The van der Waals surface area contributed by atoms with Crippen molar-refractivity contribution < 1.29 is 36.1 Å². The Morgan fingerprint density at radius 1 is 1.03 bits per heavy atom. The maximum absolute atomic E-state index is 9.83. The summed E-state index contributed by atoms with van der Waals surface area (Å²) in [7, 11) is 3.22. The molecule has 29 heavy (non-hydrogen) atoms. The van der Waals surface area contributed by atoms with E-state index in [-0.39, 0.29) is 22.7 Å². The fraction of sp³-hybridized carbons (Fsp3) is 0.182. The molecule has 150 valence electrons. The summed E-state index contributed by atoms with van der Waals surface area (Å²) in [6.45, 7) is 0.712. The molecule has 7 heteroatoms. The van der Waals surface area contributed by atoms with Gasteiger partial charge < -0.3 is 31.6 Å². The van der Waals surface area contributed by atoms with E-state index >= 15 is 0 Å². The van der Waals surface area contributed by atoms with E-state index in [2.05, 4.69) is 32.3 Å². The predicted molar refractivity (Wildman–Crippen MR) is 105 cm³/mol. The molecule has 6 nitrogen and oxygen atoms in total. The molecule has 0 fully saturated rings. The van der Waals surface area contributed by atoms with E-state index < -0.39 is 0 Å². The standard InChI is InChI=1S/C22H21N3O3.BrH/c1-27-19-7-4-16(5-8-19)14-24-15-18(25-11-3-10-23-22(24)25)12-17-6-9-20(26)21(13-17)28-2;/h3-11,13,15H,12,14H2,1-2H3;1H. The van der Waals surface area contributed by atoms with E-state index in [1.165, 1.54) is 5.56 Å². The third kappa shape index (κ3) is 4.35. The molecule has 0 saturated carbocycles. The van der Waals surface area contributed by atoms with E-state index in [4.69, 9.17) is 9.47 Å². The highest BCUT2D eigenvalue weighted by atomic mass is 79.9. The fourth-order valence-corrected chi connectivity index (χ4v) is 3.32. The molecule has 0 aliphatic carbocycles. The lowest BCUT2D eigenvalue weighted by molar-refractivity contribution is -0.664. The van der Waals surface area contributed by atoms with E-state index in [0.29, 0.717) is 18.7 Å². The number of aromatic nitrogens is 3. The highest BCUT2D eigenvalue weighted by Crippen LogP contribution is 2.27. The van der Waals surface area contributed by atoms with E-state index in [1.807, 2.05) is 36.5 Å². The number of imidazole rings is 1. The molecule has 0 unspecified atom stereocenters. The molecule has 0 aliphatic rings. The second kappa shape index (κ2) is 8.96. The van der Waals surface area contributed by atoms with Crippen LogP contribution in [-0.4, -0.2) is 28.7 Å². The Kier molecular flexibility index (Phi) is 6.39. The topological polar surface area (TPSA) is 59.9 Å². The SMILES string of the molecule is COc1ccc(C[n+]2cc(Cc3ccc(O)c(OC)c3)n3cccnc32)cc1.[Br-]. The van der Waals surface area contributed by atoms with Gasteiger partial charge in [0.05, 0.1) is 27.0 Å². The first-order valence-corrected chi connectivity index (χ1v) is 9.01. The van der Waals surface area contributed by atoms with Gasteiger partial charge in [-0.3, -0.25) is 0 Å². The van der Waals surface area contributed by atoms with Gasteiger partial charge in [0.2, 0.25) is 0 Å². The summed E-state index contributed by atoms with van der Waals surface area (Å²) in [5, 5.41) is 9.83. The Morgan fingerprint density at radius 3 is 2.52 bits per heavy atom. The molecule has 4 rings (SSSR count). The van der Waals surface area contributed by atoms with Gasteiger partial charge in [0.15, 0.2) is 11.5 Å². The normalized spacial score (nSPS) is 10.6. The largest absolute Gasteiger partial charge is 1.00 e. The number of methoxy groups -OCH3 is 2. The first-order valence-electron chi connectivity index (χ1n) is 9.01. The monoisotopic (exact) mass is 455 g/mol. The van der Waals surface area contributed by atoms with Crippen LogP contribution in [0.4, 0.5) is 0 Å². The zero-order valence-electron chi connectivity index (χ0n) is 16.2. The van der Waals surface area contributed by atoms with Gasteiger partial charge in [-0.1, -0.05) is 23.2 Å². The predicted octanol–water partition coefficient (Wildman–Crippen LogP) is -0.0123. The van der Waals surface area contributed by atoms with Crippen LogP contribution < -0.4 is 31.0 Å². The molecule has 0 atom stereocenters. The number of fused-ring (bicyclic) bond motifs is 1. The molecule has 2 aromatic heterocycles. The lowest BCUT2D eigenvalue weighted by atomic mass is 10.1. The van der Waals surface area contributed by atoms with Crippen molar-refractivity contribution in [1.82, 2.24) is 9.38 Å². The fourth-order valence-electron chi connectivity index (χ4n) is 3.32. The first-order chi connectivity index (χ1) is 13.7. The summed E-state index contributed by atoms with van der Waals surface area (Å²) in [6.07, 6.45) is 6.62. The molecular formula is C22H22BrN3O3. The Labute approximate surface area is 179 Å². The zero-order chi connectivity index (χ0) is 19.5. The number of nitrogens with zero attached hydrogens (tertiary/aromatic N) is 3. The van der Waals surface area contributed by atoms with Gasteiger partial charge in [-0.2, -0.15) is 0 Å². The number of phenols is 1. The van der Waals surface area contributed by atoms with Crippen LogP contribution >= 0.6 is 0 Å². The number of hydrogen-bond acceptors (Lipinski definition) is 4. The Balaban J connectivity index is 0.00000240. The Bertz CT molecular complexity index is 1110. The van der Waals surface area contributed by atoms with Gasteiger partial charge in [0.1, 0.15) is 23.8 Å². The minimum atomic E-state index is 0. The van der Waals surface area contributed by atoms with Crippen LogP contribution in [0.3, 0.4) is 0 Å². The van der Waals surface area contributed by atoms with Gasteiger partial charge in [0, 0.05) is 12.5 Å². The molecule has 2 aromatic carbocycles. The van der Waals surface area contributed by atoms with Crippen LogP contribution in [0.1, 0.15) is 16.8 Å². The van der Waals surface area contributed by atoms with Crippen molar-refractivity contribution in [2.45, 2.75) is 13.0 Å². The summed E-state index contributed by atoms with van der Waals surface area (Å²) in [6, 6.07) is 15.4. The third-order valence-corrected chi connectivity index (χ3v) is 4.74. The van der Waals surface area contributed by atoms with Crippen molar-refractivity contribution >= 4 is 5.78 Å². The smallest absolute Gasteiger partial charge is 0.403 e. The average Bonchev–Trinajstić information content (AvgIpc) is 3.07. The van der Waals surface area contributed by atoms with Gasteiger partial charge in [-0.05, 0) is 35.4 Å². The third-order valence-electron chi connectivity index (χ3n) is 4.74. The molecule has 4 aromatic rings. The number of rotatable bonds is 6. The van der Waals surface area contributed by atoms with E-state index in [1.54, 1.807) is 26.5 Å². The summed E-state index contributed by atoms with van der Waals surface area (Å²) >= 11 is 0. The number of hydrogen-bond donors (Lipinski definition) is 1. The van der Waals surface area contributed by atoms with Gasteiger partial charge in [0.25, 0.3) is 0 Å². The quantitative estimate of drug-likeness (QED) is 0.415. The van der Waals surface area contributed by atoms with Crippen LogP contribution in [0.25, 0.3) is 5.78 Å². The molecular weight excluding hydrogens is 434 g/mol. The molecule has 1 N–H and O–H groups in total. The Morgan fingerprint density at radius 2 is 1.79 bits per heavy atom. The molecule has 0 spiro atoms.